The van der Waals surface area contributed by atoms with Crippen molar-refractivity contribution in [2.24, 2.45) is 0 Å². The van der Waals surface area contributed by atoms with Gasteiger partial charge >= 0.3 is 5.97 Å². The Bertz CT molecular complexity index is 1030. The SMILES string of the molecule is COC(=O)c1cccc(OC[C@H](O)Cn2cnc3cc(F)ccc3c2=O)c1. The molecule has 3 aromatic rings. The maximum absolute atomic E-state index is 13.2. The molecule has 0 saturated heterocycles. The molecule has 0 radical (unpaired) electrons. The van der Waals surface area contributed by atoms with Crippen LogP contribution in [0.1, 0.15) is 10.4 Å². The quantitative estimate of drug-likeness (QED) is 0.663. The predicted molar refractivity (Wildman–Crippen MR) is 95.2 cm³/mol. The average Bonchev–Trinajstić information content (AvgIpc) is 2.68. The number of carbonyl (C=O) groups is 1. The molecule has 0 spiro atoms. The lowest BCUT2D eigenvalue weighted by Gasteiger charge is -2.14. The topological polar surface area (TPSA) is 90.7 Å². The molecule has 0 amide bonds. The molecule has 1 heterocycles. The van der Waals surface area contributed by atoms with Gasteiger partial charge in [0.05, 0.1) is 36.4 Å². The van der Waals surface area contributed by atoms with Crippen LogP contribution in [0.5, 0.6) is 5.75 Å². The smallest absolute Gasteiger partial charge is 0.337 e. The van der Waals surface area contributed by atoms with E-state index in [9.17, 15) is 19.1 Å². The number of methoxy groups -OCH3 is 1. The number of ether oxygens (including phenoxy) is 2. The molecular formula is C19H17FN2O5. The van der Waals surface area contributed by atoms with Gasteiger partial charge in [-0.15, -0.1) is 0 Å². The molecule has 0 fully saturated rings. The molecule has 0 aliphatic carbocycles. The van der Waals surface area contributed by atoms with Gasteiger partial charge in [-0.2, -0.15) is 0 Å². The Morgan fingerprint density at radius 3 is 2.89 bits per heavy atom. The number of halogens is 1. The second-order valence-electron chi connectivity index (χ2n) is 5.85. The highest BCUT2D eigenvalue weighted by atomic mass is 19.1. The largest absolute Gasteiger partial charge is 0.491 e. The number of esters is 1. The van der Waals surface area contributed by atoms with Gasteiger partial charge in [-0.3, -0.25) is 9.36 Å². The Hall–Kier alpha value is -3.26. The van der Waals surface area contributed by atoms with Crippen LogP contribution in [0.3, 0.4) is 0 Å². The summed E-state index contributed by atoms with van der Waals surface area (Å²) in [6.45, 7) is -0.144. The Labute approximate surface area is 153 Å². The number of carbonyl (C=O) groups excluding carboxylic acids is 1. The summed E-state index contributed by atoms with van der Waals surface area (Å²) in [5.74, 6) is -0.586. The number of benzene rings is 2. The van der Waals surface area contributed by atoms with E-state index in [1.54, 1.807) is 18.2 Å². The van der Waals surface area contributed by atoms with Crippen molar-refractivity contribution < 1.29 is 23.8 Å². The third-order valence-corrected chi connectivity index (χ3v) is 3.89. The van der Waals surface area contributed by atoms with Gasteiger partial charge in [-0.25, -0.2) is 14.2 Å². The minimum absolute atomic E-state index is 0.0458. The van der Waals surface area contributed by atoms with Crippen LogP contribution in [-0.4, -0.2) is 40.4 Å². The lowest BCUT2D eigenvalue weighted by molar-refractivity contribution is 0.0599. The zero-order valence-electron chi connectivity index (χ0n) is 14.5. The minimum atomic E-state index is -0.996. The molecule has 1 aromatic heterocycles. The summed E-state index contributed by atoms with van der Waals surface area (Å²) in [5, 5.41) is 10.4. The highest BCUT2D eigenvalue weighted by Crippen LogP contribution is 2.14. The van der Waals surface area contributed by atoms with Gasteiger partial charge in [0, 0.05) is 6.07 Å². The monoisotopic (exact) mass is 372 g/mol. The number of fused-ring (bicyclic) bond motifs is 1. The normalized spacial score (nSPS) is 12.0. The molecule has 0 unspecified atom stereocenters. The predicted octanol–water partition coefficient (Wildman–Crippen LogP) is 1.76. The van der Waals surface area contributed by atoms with Crippen LogP contribution in [0.4, 0.5) is 4.39 Å². The molecule has 0 bridgehead atoms. The Kier molecular flexibility index (Phi) is 5.46. The van der Waals surface area contributed by atoms with Gasteiger partial charge in [0.1, 0.15) is 24.3 Å². The molecule has 2 aromatic carbocycles. The molecular weight excluding hydrogens is 355 g/mol. The van der Waals surface area contributed by atoms with Crippen LogP contribution < -0.4 is 10.3 Å². The molecule has 3 rings (SSSR count). The number of nitrogens with zero attached hydrogens (tertiary/aromatic N) is 2. The maximum atomic E-state index is 13.2. The third-order valence-electron chi connectivity index (χ3n) is 3.89. The van der Waals surface area contributed by atoms with E-state index in [1.807, 2.05) is 0 Å². The van der Waals surface area contributed by atoms with Crippen molar-refractivity contribution in [2.75, 3.05) is 13.7 Å². The van der Waals surface area contributed by atoms with E-state index in [0.29, 0.717) is 11.3 Å². The second kappa shape index (κ2) is 7.96. The maximum Gasteiger partial charge on any atom is 0.337 e. The number of rotatable bonds is 6. The van der Waals surface area contributed by atoms with E-state index < -0.39 is 17.9 Å². The Balaban J connectivity index is 1.68. The van der Waals surface area contributed by atoms with Crippen molar-refractivity contribution >= 4 is 16.9 Å². The first-order chi connectivity index (χ1) is 13.0. The molecule has 7 nitrogen and oxygen atoms in total. The van der Waals surface area contributed by atoms with Crippen molar-refractivity contribution in [3.63, 3.8) is 0 Å². The first-order valence-corrected chi connectivity index (χ1v) is 8.12. The standard InChI is InChI=1S/C19H17FN2O5/c1-26-19(25)12-3-2-4-15(7-12)27-10-14(23)9-22-11-21-17-8-13(20)5-6-16(17)18(22)24/h2-8,11,14,23H,9-10H2,1H3/t14-/m1/s1. The molecule has 140 valence electrons. The summed E-state index contributed by atoms with van der Waals surface area (Å²) in [6.07, 6.45) is 0.259. The number of hydrogen-bond acceptors (Lipinski definition) is 6. The average molecular weight is 372 g/mol. The minimum Gasteiger partial charge on any atom is -0.491 e. The fourth-order valence-corrected chi connectivity index (χ4v) is 2.56. The zero-order chi connectivity index (χ0) is 19.4. The summed E-state index contributed by atoms with van der Waals surface area (Å²) >= 11 is 0. The summed E-state index contributed by atoms with van der Waals surface area (Å²) in [4.78, 5) is 27.9. The molecule has 0 aliphatic rings. The van der Waals surface area contributed by atoms with E-state index in [0.717, 1.165) is 0 Å². The number of aliphatic hydroxyl groups excluding tert-OH is 1. The highest BCUT2D eigenvalue weighted by molar-refractivity contribution is 5.89. The van der Waals surface area contributed by atoms with E-state index in [4.69, 9.17) is 4.74 Å². The fraction of sp³-hybridized carbons (Fsp3) is 0.211. The molecule has 8 heteroatoms. The van der Waals surface area contributed by atoms with Crippen molar-refractivity contribution in [2.45, 2.75) is 12.6 Å². The number of aromatic nitrogens is 2. The zero-order valence-corrected chi connectivity index (χ0v) is 14.5. The van der Waals surface area contributed by atoms with Gasteiger partial charge in [-0.05, 0) is 30.3 Å². The van der Waals surface area contributed by atoms with Gasteiger partial charge in [0.2, 0.25) is 0 Å². The van der Waals surface area contributed by atoms with Crippen molar-refractivity contribution in [3.8, 4) is 5.75 Å². The summed E-state index contributed by atoms with van der Waals surface area (Å²) in [6, 6.07) is 10.1. The van der Waals surface area contributed by atoms with Crippen LogP contribution in [0, 0.1) is 5.82 Å². The Morgan fingerprint density at radius 1 is 1.30 bits per heavy atom. The van der Waals surface area contributed by atoms with Crippen LogP contribution in [0.2, 0.25) is 0 Å². The van der Waals surface area contributed by atoms with E-state index >= 15 is 0 Å². The van der Waals surface area contributed by atoms with E-state index in [1.165, 1.54) is 42.3 Å². The van der Waals surface area contributed by atoms with Gasteiger partial charge in [0.15, 0.2) is 0 Å². The van der Waals surface area contributed by atoms with Gasteiger partial charge in [0.25, 0.3) is 5.56 Å². The molecule has 0 saturated carbocycles. The van der Waals surface area contributed by atoms with Crippen molar-refractivity contribution in [1.29, 1.82) is 0 Å². The van der Waals surface area contributed by atoms with E-state index in [-0.39, 0.29) is 29.6 Å². The highest BCUT2D eigenvalue weighted by Gasteiger charge is 2.12. The third kappa shape index (κ3) is 4.29. The van der Waals surface area contributed by atoms with E-state index in [2.05, 4.69) is 9.72 Å². The van der Waals surface area contributed by atoms with Crippen LogP contribution in [0.25, 0.3) is 10.9 Å². The Morgan fingerprint density at radius 2 is 2.11 bits per heavy atom. The lowest BCUT2D eigenvalue weighted by atomic mass is 10.2. The van der Waals surface area contributed by atoms with Crippen LogP contribution in [-0.2, 0) is 11.3 Å². The fourth-order valence-electron chi connectivity index (χ4n) is 2.56. The lowest BCUT2D eigenvalue weighted by Crippen LogP contribution is -2.30. The second-order valence-corrected chi connectivity index (χ2v) is 5.85. The van der Waals surface area contributed by atoms with Crippen LogP contribution in [0.15, 0.2) is 53.6 Å². The summed E-state index contributed by atoms with van der Waals surface area (Å²) in [7, 11) is 1.28. The number of aliphatic hydroxyl groups is 1. The van der Waals surface area contributed by atoms with Gasteiger partial charge in [-0.1, -0.05) is 6.07 Å². The van der Waals surface area contributed by atoms with Crippen LogP contribution >= 0.6 is 0 Å². The molecule has 1 atom stereocenters. The molecule has 1 N–H and O–H groups in total. The summed E-state index contributed by atoms with van der Waals surface area (Å²) in [5.41, 5.74) is 0.194. The molecule has 0 aliphatic heterocycles. The molecule has 27 heavy (non-hydrogen) atoms. The number of hydrogen-bond donors (Lipinski definition) is 1. The van der Waals surface area contributed by atoms with Crippen molar-refractivity contribution in [1.82, 2.24) is 9.55 Å². The van der Waals surface area contributed by atoms with Crippen molar-refractivity contribution in [3.05, 3.63) is 70.5 Å². The first kappa shape index (κ1) is 18.5. The first-order valence-electron chi connectivity index (χ1n) is 8.12. The summed E-state index contributed by atoms with van der Waals surface area (Å²) < 4.78 is 24.6. The van der Waals surface area contributed by atoms with Gasteiger partial charge < -0.3 is 14.6 Å².